The highest BCUT2D eigenvalue weighted by atomic mass is 32.2. The predicted octanol–water partition coefficient (Wildman–Crippen LogP) is 5.87. The van der Waals surface area contributed by atoms with Crippen LogP contribution in [-0.2, 0) is 11.3 Å². The van der Waals surface area contributed by atoms with Gasteiger partial charge in [0.1, 0.15) is 27.6 Å². The Hall–Kier alpha value is -3.94. The van der Waals surface area contributed by atoms with Crippen molar-refractivity contribution in [3.05, 3.63) is 97.9 Å². The summed E-state index contributed by atoms with van der Waals surface area (Å²) in [6.07, 6.45) is 2.51. The van der Waals surface area contributed by atoms with Gasteiger partial charge in [-0.3, -0.25) is 19.1 Å². The van der Waals surface area contributed by atoms with Crippen LogP contribution in [0.3, 0.4) is 0 Å². The van der Waals surface area contributed by atoms with Gasteiger partial charge in [-0.1, -0.05) is 61.2 Å². The molecular weight excluding hydrogens is 570 g/mol. The molecule has 0 bridgehead atoms. The zero-order valence-corrected chi connectivity index (χ0v) is 25.5. The second-order valence-corrected chi connectivity index (χ2v) is 12.1. The summed E-state index contributed by atoms with van der Waals surface area (Å²) in [6, 6.07) is 18.1. The van der Waals surface area contributed by atoms with Crippen LogP contribution in [-0.4, -0.2) is 45.9 Å². The Labute approximate surface area is 254 Å². The average Bonchev–Trinajstić information content (AvgIpc) is 3.28. The third-order valence-electron chi connectivity index (χ3n) is 7.83. The van der Waals surface area contributed by atoms with Crippen LogP contribution in [0.25, 0.3) is 6.08 Å². The molecule has 2 aliphatic heterocycles. The van der Waals surface area contributed by atoms with Gasteiger partial charge in [-0.15, -0.1) is 0 Å². The molecule has 2 saturated heterocycles. The third-order valence-corrected chi connectivity index (χ3v) is 9.16. The van der Waals surface area contributed by atoms with Crippen molar-refractivity contribution < 1.29 is 9.18 Å². The summed E-state index contributed by atoms with van der Waals surface area (Å²) in [5.74, 6) is 0.236. The number of nitrogens with zero attached hydrogens (tertiary/aromatic N) is 5. The number of piperazine rings is 1. The molecule has 3 heterocycles. The van der Waals surface area contributed by atoms with Crippen molar-refractivity contribution in [3.8, 4) is 6.07 Å². The molecule has 2 aromatic carbocycles. The minimum atomic E-state index is -0.324. The normalized spacial score (nSPS) is 17.2. The zero-order valence-electron chi connectivity index (χ0n) is 23.8. The minimum Gasteiger partial charge on any atom is -0.368 e. The molecule has 1 unspecified atom stereocenters. The molecule has 0 spiro atoms. The van der Waals surface area contributed by atoms with Crippen LogP contribution in [0.2, 0.25) is 0 Å². The van der Waals surface area contributed by atoms with Gasteiger partial charge in [0.2, 0.25) is 0 Å². The quantitative estimate of drug-likeness (QED) is 0.248. The van der Waals surface area contributed by atoms with Crippen molar-refractivity contribution in [2.24, 2.45) is 0 Å². The number of carbonyl (C=O) groups is 1. The Morgan fingerprint density at radius 2 is 1.69 bits per heavy atom. The van der Waals surface area contributed by atoms with Gasteiger partial charge in [0.05, 0.1) is 10.9 Å². The van der Waals surface area contributed by atoms with E-state index in [4.69, 9.17) is 12.2 Å². The van der Waals surface area contributed by atoms with Gasteiger partial charge in [0, 0.05) is 44.0 Å². The van der Waals surface area contributed by atoms with E-state index in [-0.39, 0.29) is 28.9 Å². The van der Waals surface area contributed by atoms with Crippen LogP contribution in [0.4, 0.5) is 15.9 Å². The smallest absolute Gasteiger partial charge is 0.270 e. The lowest BCUT2D eigenvalue weighted by Crippen LogP contribution is -2.48. The van der Waals surface area contributed by atoms with E-state index in [0.717, 1.165) is 11.3 Å². The molecule has 5 rings (SSSR count). The molecule has 1 aromatic heterocycles. The monoisotopic (exact) mass is 601 g/mol. The van der Waals surface area contributed by atoms with E-state index in [0.29, 0.717) is 65.3 Å². The lowest BCUT2D eigenvalue weighted by molar-refractivity contribution is -0.123. The molecule has 42 heavy (non-hydrogen) atoms. The highest BCUT2D eigenvalue weighted by Gasteiger charge is 2.37. The topological polar surface area (TPSA) is 72.6 Å². The van der Waals surface area contributed by atoms with Crippen molar-refractivity contribution >= 4 is 51.8 Å². The Kier molecular flexibility index (Phi) is 8.80. The number of benzene rings is 2. The Balaban J connectivity index is 1.55. The second-order valence-electron chi connectivity index (χ2n) is 10.4. The average molecular weight is 602 g/mol. The number of nitriles is 1. The van der Waals surface area contributed by atoms with Gasteiger partial charge >= 0.3 is 0 Å². The van der Waals surface area contributed by atoms with Gasteiger partial charge < -0.3 is 9.80 Å². The van der Waals surface area contributed by atoms with Crippen molar-refractivity contribution in [2.75, 3.05) is 36.0 Å². The molecule has 0 aliphatic carbocycles. The Morgan fingerprint density at radius 1 is 1.05 bits per heavy atom. The first-order chi connectivity index (χ1) is 20.2. The van der Waals surface area contributed by atoms with Crippen LogP contribution in [0.15, 0.2) is 64.3 Å². The minimum absolute atomic E-state index is 0.0801. The molecule has 10 heteroatoms. The summed E-state index contributed by atoms with van der Waals surface area (Å²) >= 11 is 6.90. The fourth-order valence-electron chi connectivity index (χ4n) is 5.57. The van der Waals surface area contributed by atoms with Gasteiger partial charge in [-0.05, 0) is 61.7 Å². The summed E-state index contributed by atoms with van der Waals surface area (Å²) in [7, 11) is 0. The first kappa shape index (κ1) is 29.5. The van der Waals surface area contributed by atoms with E-state index >= 15 is 0 Å². The SMILES string of the molecule is CCCn1c(N2CCN(c3ccc(F)cc3)CC2)c(/C=C2\SC(=S)N(C(C)c3ccccc3)C2=O)c(C)c(C#N)c1=O. The molecule has 1 atom stereocenters. The first-order valence-electron chi connectivity index (χ1n) is 14.0. The molecule has 2 fully saturated rings. The van der Waals surface area contributed by atoms with Crippen molar-refractivity contribution in [1.82, 2.24) is 9.47 Å². The van der Waals surface area contributed by atoms with Gasteiger partial charge in [-0.25, -0.2) is 4.39 Å². The van der Waals surface area contributed by atoms with E-state index in [9.17, 15) is 19.2 Å². The number of amides is 1. The van der Waals surface area contributed by atoms with Gasteiger partial charge in [0.15, 0.2) is 0 Å². The van der Waals surface area contributed by atoms with Crippen molar-refractivity contribution in [1.29, 1.82) is 5.26 Å². The number of carbonyl (C=O) groups excluding carboxylic acids is 1. The number of thiocarbonyl (C=S) groups is 1. The summed E-state index contributed by atoms with van der Waals surface area (Å²) in [6.45, 7) is 8.71. The van der Waals surface area contributed by atoms with E-state index in [2.05, 4.69) is 15.9 Å². The van der Waals surface area contributed by atoms with Crippen molar-refractivity contribution in [3.63, 3.8) is 0 Å². The molecule has 216 valence electrons. The maximum Gasteiger partial charge on any atom is 0.270 e. The molecule has 0 N–H and O–H groups in total. The predicted molar refractivity (Wildman–Crippen MR) is 171 cm³/mol. The zero-order chi connectivity index (χ0) is 30.0. The number of pyridine rings is 1. The lowest BCUT2D eigenvalue weighted by atomic mass is 10.0. The maximum atomic E-state index is 13.8. The van der Waals surface area contributed by atoms with Crippen LogP contribution < -0.4 is 15.4 Å². The van der Waals surface area contributed by atoms with Crippen molar-refractivity contribution in [2.45, 2.75) is 39.8 Å². The largest absolute Gasteiger partial charge is 0.368 e. The summed E-state index contributed by atoms with van der Waals surface area (Å²) < 4.78 is 15.6. The van der Waals surface area contributed by atoms with Gasteiger partial charge in [-0.2, -0.15) is 5.26 Å². The first-order valence-corrected chi connectivity index (χ1v) is 15.2. The molecule has 1 amide bonds. The molecule has 7 nitrogen and oxygen atoms in total. The number of hydrogen-bond donors (Lipinski definition) is 0. The number of anilines is 2. The van der Waals surface area contributed by atoms with E-state index in [1.165, 1.54) is 23.9 Å². The maximum absolute atomic E-state index is 13.8. The molecular formula is C32H32FN5O2S2. The lowest BCUT2D eigenvalue weighted by Gasteiger charge is -2.39. The molecule has 0 radical (unpaired) electrons. The van der Waals surface area contributed by atoms with Crippen LogP contribution in [0.5, 0.6) is 0 Å². The number of thioether (sulfide) groups is 1. The van der Waals surface area contributed by atoms with Gasteiger partial charge in [0.25, 0.3) is 11.5 Å². The fourth-order valence-corrected chi connectivity index (χ4v) is 6.97. The van der Waals surface area contributed by atoms with E-state index in [1.54, 1.807) is 34.6 Å². The number of halogens is 1. The summed E-state index contributed by atoms with van der Waals surface area (Å²) in [5.41, 5.74) is 2.91. The summed E-state index contributed by atoms with van der Waals surface area (Å²) in [4.78, 5) is 33.7. The van der Waals surface area contributed by atoms with E-state index in [1.807, 2.05) is 44.2 Å². The van der Waals surface area contributed by atoms with Crippen LogP contribution >= 0.6 is 24.0 Å². The standard InChI is InChI=1S/C32H32FN5O2S2/c1-4-14-37-29(36-17-15-35(16-18-36)25-12-10-24(33)11-13-25)26(21(2)27(20-34)30(37)39)19-28-31(40)38(32(41)42-28)22(3)23-8-6-5-7-9-23/h5-13,19,22H,4,14-18H2,1-3H3/b28-19-. The highest BCUT2D eigenvalue weighted by Crippen LogP contribution is 2.40. The second kappa shape index (κ2) is 12.5. The number of rotatable bonds is 7. The highest BCUT2D eigenvalue weighted by molar-refractivity contribution is 8.26. The number of aromatic nitrogens is 1. The summed E-state index contributed by atoms with van der Waals surface area (Å²) in [5, 5.41) is 9.96. The molecule has 3 aromatic rings. The fraction of sp³-hybridized carbons (Fsp3) is 0.312. The van der Waals surface area contributed by atoms with Crippen LogP contribution in [0, 0.1) is 24.1 Å². The Morgan fingerprint density at radius 3 is 2.31 bits per heavy atom. The third kappa shape index (κ3) is 5.59. The molecule has 2 aliphatic rings. The Bertz CT molecular complexity index is 1640. The van der Waals surface area contributed by atoms with E-state index < -0.39 is 0 Å². The molecule has 0 saturated carbocycles. The van der Waals surface area contributed by atoms with Crippen LogP contribution in [0.1, 0.15) is 48.6 Å². The number of hydrogen-bond acceptors (Lipinski definition) is 7.